The molecule has 2 rings (SSSR count). The average molecular weight is 452 g/mol. The van der Waals surface area contributed by atoms with E-state index in [2.05, 4.69) is 5.32 Å². The van der Waals surface area contributed by atoms with Gasteiger partial charge in [0.05, 0.1) is 19.1 Å². The first-order chi connectivity index (χ1) is 14.6. The Labute approximate surface area is 181 Å². The predicted molar refractivity (Wildman–Crippen MR) is 116 cm³/mol. The molecule has 0 aliphatic heterocycles. The van der Waals surface area contributed by atoms with Crippen LogP contribution in [-0.2, 0) is 26.2 Å². The van der Waals surface area contributed by atoms with Crippen LogP contribution in [0.25, 0.3) is 0 Å². The van der Waals surface area contributed by atoms with Gasteiger partial charge in [-0.2, -0.15) is 0 Å². The van der Waals surface area contributed by atoms with Gasteiger partial charge in [-0.25, -0.2) is 12.8 Å². The molecule has 8 nitrogen and oxygen atoms in total. The number of likely N-dealkylation sites (N-methyl/N-ethyl adjacent to an activating group) is 1. The highest BCUT2D eigenvalue weighted by Gasteiger charge is 2.30. The number of halogens is 1. The second-order valence-electron chi connectivity index (χ2n) is 6.88. The molecule has 0 aliphatic rings. The molecule has 168 valence electrons. The Kier molecular flexibility index (Phi) is 7.98. The highest BCUT2D eigenvalue weighted by Crippen LogP contribution is 2.29. The minimum Gasteiger partial charge on any atom is -0.495 e. The Morgan fingerprint density at radius 2 is 1.74 bits per heavy atom. The quantitative estimate of drug-likeness (QED) is 0.627. The zero-order valence-electron chi connectivity index (χ0n) is 17.8. The lowest BCUT2D eigenvalue weighted by atomic mass is 10.1. The zero-order chi connectivity index (χ0) is 23.2. The van der Waals surface area contributed by atoms with Crippen LogP contribution in [0.2, 0.25) is 0 Å². The lowest BCUT2D eigenvalue weighted by Crippen LogP contribution is -2.50. The molecule has 0 saturated heterocycles. The van der Waals surface area contributed by atoms with Crippen molar-refractivity contribution in [3.05, 3.63) is 59.9 Å². The molecule has 0 saturated carbocycles. The Hall–Kier alpha value is -3.14. The van der Waals surface area contributed by atoms with Crippen molar-refractivity contribution in [1.82, 2.24) is 10.2 Å². The number of ether oxygens (including phenoxy) is 1. The summed E-state index contributed by atoms with van der Waals surface area (Å²) in [6.45, 7) is 0.993. The molecular weight excluding hydrogens is 425 g/mol. The van der Waals surface area contributed by atoms with E-state index < -0.39 is 40.2 Å². The molecule has 0 fully saturated rings. The van der Waals surface area contributed by atoms with Gasteiger partial charge in [-0.05, 0) is 36.8 Å². The van der Waals surface area contributed by atoms with Crippen molar-refractivity contribution in [2.24, 2.45) is 0 Å². The topological polar surface area (TPSA) is 96.0 Å². The molecule has 0 aliphatic carbocycles. The highest BCUT2D eigenvalue weighted by atomic mass is 32.2. The summed E-state index contributed by atoms with van der Waals surface area (Å²) in [5, 5.41) is 2.48. The molecule has 2 amide bonds. The van der Waals surface area contributed by atoms with Gasteiger partial charge in [0, 0.05) is 13.6 Å². The lowest BCUT2D eigenvalue weighted by molar-refractivity contribution is -0.139. The van der Waals surface area contributed by atoms with Crippen molar-refractivity contribution in [3.63, 3.8) is 0 Å². The molecule has 1 atom stereocenters. The number of hydrogen-bond acceptors (Lipinski definition) is 5. The van der Waals surface area contributed by atoms with E-state index in [4.69, 9.17) is 4.74 Å². The monoisotopic (exact) mass is 451 g/mol. The molecule has 0 unspecified atom stereocenters. The standard InChI is InChI=1S/C21H26FN3O5S/c1-15(21(27)23-2)24(13-16-9-11-17(22)12-10-16)20(26)14-25(31(4,28)29)18-7-5-6-8-19(18)30-3/h5-12,15H,13-14H2,1-4H3,(H,23,27)/t15-/m1/s1. The van der Waals surface area contributed by atoms with Gasteiger partial charge in [-0.15, -0.1) is 0 Å². The molecule has 10 heteroatoms. The molecule has 31 heavy (non-hydrogen) atoms. The van der Waals surface area contributed by atoms with Gasteiger partial charge >= 0.3 is 0 Å². The van der Waals surface area contributed by atoms with Crippen molar-refractivity contribution in [1.29, 1.82) is 0 Å². The number of rotatable bonds is 9. The van der Waals surface area contributed by atoms with Crippen molar-refractivity contribution in [3.8, 4) is 5.75 Å². The summed E-state index contributed by atoms with van der Waals surface area (Å²) in [6, 6.07) is 11.0. The molecule has 2 aromatic rings. The zero-order valence-corrected chi connectivity index (χ0v) is 18.6. The summed E-state index contributed by atoms with van der Waals surface area (Å²) in [7, 11) is -1.01. The van der Waals surface area contributed by atoms with Crippen LogP contribution in [0, 0.1) is 5.82 Å². The fourth-order valence-corrected chi connectivity index (χ4v) is 3.86. The van der Waals surface area contributed by atoms with Crippen molar-refractivity contribution in [2.75, 3.05) is 31.3 Å². The maximum absolute atomic E-state index is 13.3. The number of nitrogens with zero attached hydrogens (tertiary/aromatic N) is 2. The van der Waals surface area contributed by atoms with E-state index in [0.29, 0.717) is 5.56 Å². The van der Waals surface area contributed by atoms with E-state index in [0.717, 1.165) is 10.6 Å². The molecular formula is C21H26FN3O5S. The number of methoxy groups -OCH3 is 1. The van der Waals surface area contributed by atoms with Gasteiger partial charge in [0.15, 0.2) is 0 Å². The minimum absolute atomic E-state index is 0.00275. The second kappa shape index (κ2) is 10.3. The number of anilines is 1. The number of carbonyl (C=O) groups excluding carboxylic acids is 2. The SMILES string of the molecule is CNC(=O)[C@@H](C)N(Cc1ccc(F)cc1)C(=O)CN(c1ccccc1OC)S(C)(=O)=O. The fourth-order valence-electron chi connectivity index (χ4n) is 3.01. The number of sulfonamides is 1. The Morgan fingerprint density at radius 3 is 2.29 bits per heavy atom. The van der Waals surface area contributed by atoms with Gasteiger partial charge < -0.3 is 15.0 Å². The van der Waals surface area contributed by atoms with E-state index in [1.165, 1.54) is 56.3 Å². The Bertz CT molecular complexity index is 1030. The molecule has 0 bridgehead atoms. The van der Waals surface area contributed by atoms with Crippen LogP contribution in [-0.4, -0.2) is 58.1 Å². The van der Waals surface area contributed by atoms with Gasteiger partial charge in [-0.1, -0.05) is 24.3 Å². The summed E-state index contributed by atoms with van der Waals surface area (Å²) in [4.78, 5) is 26.7. The largest absolute Gasteiger partial charge is 0.495 e. The van der Waals surface area contributed by atoms with Crippen molar-refractivity contribution < 1.29 is 27.1 Å². The van der Waals surface area contributed by atoms with Crippen molar-refractivity contribution >= 4 is 27.5 Å². The molecule has 0 aromatic heterocycles. The maximum Gasteiger partial charge on any atom is 0.244 e. The summed E-state index contributed by atoms with van der Waals surface area (Å²) >= 11 is 0. The summed E-state index contributed by atoms with van der Waals surface area (Å²) in [5.74, 6) is -1.17. The number of hydrogen-bond donors (Lipinski definition) is 1. The van der Waals surface area contributed by atoms with Crippen LogP contribution < -0.4 is 14.4 Å². The van der Waals surface area contributed by atoms with Crippen LogP contribution in [0.4, 0.5) is 10.1 Å². The van der Waals surface area contributed by atoms with Gasteiger partial charge in [-0.3, -0.25) is 13.9 Å². The molecule has 0 radical (unpaired) electrons. The first-order valence-electron chi connectivity index (χ1n) is 9.44. The van der Waals surface area contributed by atoms with E-state index in [1.54, 1.807) is 18.2 Å². The van der Waals surface area contributed by atoms with E-state index >= 15 is 0 Å². The first-order valence-corrected chi connectivity index (χ1v) is 11.3. The lowest BCUT2D eigenvalue weighted by Gasteiger charge is -2.31. The molecule has 2 aromatic carbocycles. The second-order valence-corrected chi connectivity index (χ2v) is 8.79. The number of para-hydroxylation sites is 2. The van der Waals surface area contributed by atoms with Gasteiger partial charge in [0.25, 0.3) is 0 Å². The third-order valence-electron chi connectivity index (χ3n) is 4.71. The number of carbonyl (C=O) groups is 2. The Morgan fingerprint density at radius 1 is 1.13 bits per heavy atom. The molecule has 0 spiro atoms. The minimum atomic E-state index is -3.85. The Balaban J connectivity index is 2.41. The first kappa shape index (κ1) is 24.1. The maximum atomic E-state index is 13.3. The normalized spacial score (nSPS) is 12.0. The highest BCUT2D eigenvalue weighted by molar-refractivity contribution is 7.92. The van der Waals surface area contributed by atoms with Crippen molar-refractivity contribution in [2.45, 2.75) is 19.5 Å². The van der Waals surface area contributed by atoms with E-state index in [9.17, 15) is 22.4 Å². The summed E-state index contributed by atoms with van der Waals surface area (Å²) in [6.07, 6.45) is 0.985. The smallest absolute Gasteiger partial charge is 0.244 e. The third kappa shape index (κ3) is 6.17. The van der Waals surface area contributed by atoms with Gasteiger partial charge in [0.1, 0.15) is 24.2 Å². The van der Waals surface area contributed by atoms with E-state index in [-0.39, 0.29) is 18.0 Å². The van der Waals surface area contributed by atoms with Gasteiger partial charge in [0.2, 0.25) is 21.8 Å². The number of nitrogens with one attached hydrogen (secondary N) is 1. The van der Waals surface area contributed by atoms with Crippen LogP contribution >= 0.6 is 0 Å². The van der Waals surface area contributed by atoms with Crippen LogP contribution in [0.5, 0.6) is 5.75 Å². The summed E-state index contributed by atoms with van der Waals surface area (Å²) in [5.41, 5.74) is 0.795. The fraction of sp³-hybridized carbons (Fsp3) is 0.333. The van der Waals surface area contributed by atoms with E-state index in [1.807, 2.05) is 0 Å². The average Bonchev–Trinajstić information content (AvgIpc) is 2.75. The molecule has 1 N–H and O–H groups in total. The number of benzene rings is 2. The number of amides is 2. The van der Waals surface area contributed by atoms with Crippen LogP contribution in [0.15, 0.2) is 48.5 Å². The third-order valence-corrected chi connectivity index (χ3v) is 5.84. The molecule has 0 heterocycles. The predicted octanol–water partition coefficient (Wildman–Crippen LogP) is 1.76. The van der Waals surface area contributed by atoms with Crippen LogP contribution in [0.3, 0.4) is 0 Å². The summed E-state index contributed by atoms with van der Waals surface area (Å²) < 4.78 is 44.4. The van der Waals surface area contributed by atoms with Crippen LogP contribution in [0.1, 0.15) is 12.5 Å².